The molecule has 0 aliphatic carbocycles. The quantitative estimate of drug-likeness (QED) is 0.795. The molecule has 1 aromatic rings. The molecule has 1 aliphatic rings. The molecule has 1 fully saturated rings. The second-order valence-electron chi connectivity index (χ2n) is 6.12. The zero-order valence-electron chi connectivity index (χ0n) is 15.3. The molecule has 1 amide bonds. The first kappa shape index (κ1) is 18.3. The maximum atomic E-state index is 11.8. The van der Waals surface area contributed by atoms with E-state index in [0.717, 1.165) is 49.9 Å². The lowest BCUT2D eigenvalue weighted by atomic mass is 10.3. The van der Waals surface area contributed by atoms with Crippen LogP contribution < -0.4 is 9.80 Å². The van der Waals surface area contributed by atoms with Gasteiger partial charge >= 0.3 is 6.09 Å². The summed E-state index contributed by atoms with van der Waals surface area (Å²) in [5.74, 6) is 1.70. The van der Waals surface area contributed by atoms with E-state index in [9.17, 15) is 4.79 Å². The van der Waals surface area contributed by atoms with Crippen molar-refractivity contribution in [3.8, 4) is 0 Å². The summed E-state index contributed by atoms with van der Waals surface area (Å²) in [6, 6.07) is 2.01. The SMILES string of the molecule is CCCCN(C)c1nc(C)cc(N2CCN(C(=O)OCC)CC2)n1. The Morgan fingerprint density at radius 3 is 2.58 bits per heavy atom. The van der Waals surface area contributed by atoms with Gasteiger partial charge in [-0.25, -0.2) is 9.78 Å². The molecule has 134 valence electrons. The van der Waals surface area contributed by atoms with Crippen LogP contribution in [0.25, 0.3) is 0 Å². The summed E-state index contributed by atoms with van der Waals surface area (Å²) in [7, 11) is 2.03. The molecule has 2 rings (SSSR count). The van der Waals surface area contributed by atoms with Crippen LogP contribution in [0.15, 0.2) is 6.07 Å². The number of aryl methyl sites for hydroxylation is 1. The molecule has 0 radical (unpaired) electrons. The Kier molecular flexibility index (Phi) is 6.63. The molecule has 1 saturated heterocycles. The Morgan fingerprint density at radius 2 is 1.96 bits per heavy atom. The van der Waals surface area contributed by atoms with Crippen molar-refractivity contribution in [2.75, 3.05) is 56.2 Å². The maximum absolute atomic E-state index is 11.8. The number of rotatable bonds is 6. The third-order valence-corrected chi connectivity index (χ3v) is 4.15. The Balaban J connectivity index is 2.02. The Morgan fingerprint density at radius 1 is 1.25 bits per heavy atom. The number of ether oxygens (including phenoxy) is 1. The number of carbonyl (C=O) groups is 1. The van der Waals surface area contributed by atoms with E-state index < -0.39 is 0 Å². The number of piperazine rings is 1. The molecule has 1 aliphatic heterocycles. The largest absolute Gasteiger partial charge is 0.450 e. The summed E-state index contributed by atoms with van der Waals surface area (Å²) >= 11 is 0. The molecule has 7 nitrogen and oxygen atoms in total. The van der Waals surface area contributed by atoms with E-state index in [-0.39, 0.29) is 6.09 Å². The Bertz CT molecular complexity index is 544. The van der Waals surface area contributed by atoms with Gasteiger partial charge in [-0.05, 0) is 20.3 Å². The second-order valence-corrected chi connectivity index (χ2v) is 6.12. The molecular formula is C17H29N5O2. The molecule has 0 N–H and O–H groups in total. The molecule has 0 bridgehead atoms. The van der Waals surface area contributed by atoms with Gasteiger partial charge in [0.1, 0.15) is 5.82 Å². The normalized spacial score (nSPS) is 14.7. The lowest BCUT2D eigenvalue weighted by molar-refractivity contribution is 0.105. The topological polar surface area (TPSA) is 61.8 Å². The molecule has 1 aromatic heterocycles. The van der Waals surface area contributed by atoms with Gasteiger partial charge in [-0.15, -0.1) is 0 Å². The highest BCUT2D eigenvalue weighted by Crippen LogP contribution is 2.19. The molecule has 0 aromatic carbocycles. The van der Waals surface area contributed by atoms with Crippen molar-refractivity contribution in [1.29, 1.82) is 0 Å². The molecule has 0 saturated carbocycles. The van der Waals surface area contributed by atoms with E-state index in [1.54, 1.807) is 4.90 Å². The van der Waals surface area contributed by atoms with E-state index >= 15 is 0 Å². The van der Waals surface area contributed by atoms with Crippen LogP contribution in [0.3, 0.4) is 0 Å². The monoisotopic (exact) mass is 335 g/mol. The van der Waals surface area contributed by atoms with Gasteiger partial charge in [0.05, 0.1) is 6.61 Å². The van der Waals surface area contributed by atoms with Crippen LogP contribution in [0.4, 0.5) is 16.6 Å². The fourth-order valence-electron chi connectivity index (χ4n) is 2.70. The molecule has 24 heavy (non-hydrogen) atoms. The average molecular weight is 335 g/mol. The van der Waals surface area contributed by atoms with Crippen LogP contribution >= 0.6 is 0 Å². The van der Waals surface area contributed by atoms with Crippen molar-refractivity contribution < 1.29 is 9.53 Å². The summed E-state index contributed by atoms with van der Waals surface area (Å²) in [5.41, 5.74) is 0.964. The van der Waals surface area contributed by atoms with Crippen molar-refractivity contribution in [1.82, 2.24) is 14.9 Å². The number of carbonyl (C=O) groups excluding carboxylic acids is 1. The summed E-state index contributed by atoms with van der Waals surface area (Å²) in [5, 5.41) is 0. The van der Waals surface area contributed by atoms with Crippen molar-refractivity contribution in [2.24, 2.45) is 0 Å². The number of amides is 1. The number of aromatic nitrogens is 2. The zero-order valence-corrected chi connectivity index (χ0v) is 15.3. The fourth-order valence-corrected chi connectivity index (χ4v) is 2.70. The van der Waals surface area contributed by atoms with E-state index in [2.05, 4.69) is 21.7 Å². The Labute approximate surface area is 144 Å². The summed E-state index contributed by atoms with van der Waals surface area (Å²) in [4.78, 5) is 27.1. The number of anilines is 2. The van der Waals surface area contributed by atoms with Gasteiger partial charge in [0.2, 0.25) is 5.95 Å². The predicted molar refractivity (Wildman–Crippen MR) is 95.8 cm³/mol. The molecule has 0 spiro atoms. The van der Waals surface area contributed by atoms with Gasteiger partial charge in [-0.1, -0.05) is 13.3 Å². The van der Waals surface area contributed by atoms with E-state index in [4.69, 9.17) is 9.72 Å². The van der Waals surface area contributed by atoms with Gasteiger partial charge in [0, 0.05) is 51.5 Å². The number of hydrogen-bond donors (Lipinski definition) is 0. The first-order valence-corrected chi connectivity index (χ1v) is 8.78. The fraction of sp³-hybridized carbons (Fsp3) is 0.706. The standard InChI is InChI=1S/C17H29N5O2/c1-5-7-8-20(4)16-18-14(3)13-15(19-16)21-9-11-22(12-10-21)17(23)24-6-2/h13H,5-12H2,1-4H3. The summed E-state index contributed by atoms with van der Waals surface area (Å²) in [6.07, 6.45) is 2.05. The third kappa shape index (κ3) is 4.72. The first-order valence-electron chi connectivity index (χ1n) is 8.78. The maximum Gasteiger partial charge on any atom is 0.409 e. The third-order valence-electron chi connectivity index (χ3n) is 4.15. The van der Waals surface area contributed by atoms with Crippen LogP contribution in [0.5, 0.6) is 0 Å². The van der Waals surface area contributed by atoms with Crippen LogP contribution in [-0.2, 0) is 4.74 Å². The van der Waals surface area contributed by atoms with Crippen LogP contribution in [0, 0.1) is 6.92 Å². The highest BCUT2D eigenvalue weighted by molar-refractivity contribution is 5.68. The van der Waals surface area contributed by atoms with Crippen molar-refractivity contribution in [3.63, 3.8) is 0 Å². The van der Waals surface area contributed by atoms with Crippen molar-refractivity contribution >= 4 is 17.9 Å². The zero-order chi connectivity index (χ0) is 17.5. The van der Waals surface area contributed by atoms with E-state index in [1.165, 1.54) is 0 Å². The van der Waals surface area contributed by atoms with Crippen LogP contribution in [0.1, 0.15) is 32.4 Å². The minimum absolute atomic E-state index is 0.226. The lowest BCUT2D eigenvalue weighted by Crippen LogP contribution is -2.49. The molecule has 2 heterocycles. The van der Waals surface area contributed by atoms with Crippen LogP contribution in [0.2, 0.25) is 0 Å². The molecule has 0 atom stereocenters. The first-order chi connectivity index (χ1) is 11.5. The summed E-state index contributed by atoms with van der Waals surface area (Å²) < 4.78 is 5.07. The predicted octanol–water partition coefficient (Wildman–Crippen LogP) is 2.30. The lowest BCUT2D eigenvalue weighted by Gasteiger charge is -2.35. The van der Waals surface area contributed by atoms with Gasteiger partial charge in [-0.3, -0.25) is 0 Å². The number of hydrogen-bond acceptors (Lipinski definition) is 6. The number of nitrogens with zero attached hydrogens (tertiary/aromatic N) is 5. The summed E-state index contributed by atoms with van der Waals surface area (Å²) in [6.45, 7) is 10.2. The van der Waals surface area contributed by atoms with E-state index in [1.807, 2.05) is 27.0 Å². The Hall–Kier alpha value is -2.05. The number of unbranched alkanes of at least 4 members (excludes halogenated alkanes) is 1. The van der Waals surface area contributed by atoms with Crippen molar-refractivity contribution in [2.45, 2.75) is 33.6 Å². The van der Waals surface area contributed by atoms with Crippen LogP contribution in [-0.4, -0.2) is 67.3 Å². The average Bonchev–Trinajstić information content (AvgIpc) is 2.59. The minimum atomic E-state index is -0.226. The minimum Gasteiger partial charge on any atom is -0.450 e. The van der Waals surface area contributed by atoms with Crippen molar-refractivity contribution in [3.05, 3.63) is 11.8 Å². The highest BCUT2D eigenvalue weighted by atomic mass is 16.6. The molecule has 7 heteroatoms. The second kappa shape index (κ2) is 8.70. The van der Waals surface area contributed by atoms with Gasteiger partial charge in [0.15, 0.2) is 0 Å². The van der Waals surface area contributed by atoms with Gasteiger partial charge < -0.3 is 19.4 Å². The molecular weight excluding hydrogens is 306 g/mol. The van der Waals surface area contributed by atoms with Gasteiger partial charge in [0.25, 0.3) is 0 Å². The van der Waals surface area contributed by atoms with Gasteiger partial charge in [-0.2, -0.15) is 4.98 Å². The smallest absolute Gasteiger partial charge is 0.409 e. The molecule has 0 unspecified atom stereocenters. The highest BCUT2D eigenvalue weighted by Gasteiger charge is 2.23. The van der Waals surface area contributed by atoms with E-state index in [0.29, 0.717) is 19.7 Å².